The van der Waals surface area contributed by atoms with Crippen LogP contribution in [0.25, 0.3) is 0 Å². The minimum atomic E-state index is -0.884. The first-order valence-corrected chi connectivity index (χ1v) is 5.61. The van der Waals surface area contributed by atoms with Crippen molar-refractivity contribution in [3.05, 3.63) is 24.3 Å². The molecule has 2 N–H and O–H groups in total. The molecule has 0 heterocycles. The Balaban J connectivity index is 3.35. The normalized spacial score (nSPS) is 11.4. The van der Waals surface area contributed by atoms with Gasteiger partial charge in [0.1, 0.15) is 0 Å². The lowest BCUT2D eigenvalue weighted by Gasteiger charge is -2.03. The minimum Gasteiger partial charge on any atom is -0.478 e. The molecule has 0 unspecified atom stereocenters. The number of carboxylic acids is 1. The van der Waals surface area contributed by atoms with Gasteiger partial charge in [0.25, 0.3) is 0 Å². The maximum atomic E-state index is 10.3. The molecule has 0 bridgehead atoms. The van der Waals surface area contributed by atoms with E-state index in [2.05, 4.69) is 11.9 Å². The number of rotatable bonds is 8. The maximum Gasteiger partial charge on any atom is 0.328 e. The number of carboxylic acid groups (broad SMARTS) is 1. The summed E-state index contributed by atoms with van der Waals surface area (Å²) in [7, 11) is 0. The topological polar surface area (TPSA) is 49.3 Å². The van der Waals surface area contributed by atoms with Crippen molar-refractivity contribution in [2.75, 3.05) is 24.6 Å². The van der Waals surface area contributed by atoms with Gasteiger partial charge < -0.3 is 10.4 Å². The average molecular weight is 215 g/mol. The molecule has 0 aliphatic rings. The van der Waals surface area contributed by atoms with E-state index in [0.717, 1.165) is 23.6 Å². The summed E-state index contributed by atoms with van der Waals surface area (Å²) in [5.41, 5.74) is 0.839. The number of thioether (sulfide) groups is 1. The van der Waals surface area contributed by atoms with Crippen LogP contribution in [0.4, 0.5) is 0 Å². The van der Waals surface area contributed by atoms with Gasteiger partial charge in [-0.15, -0.1) is 6.58 Å². The maximum absolute atomic E-state index is 10.3. The van der Waals surface area contributed by atoms with Gasteiger partial charge in [-0.1, -0.05) is 11.6 Å². The number of hydrogen-bond donors (Lipinski definition) is 2. The molecule has 0 atom stereocenters. The lowest BCUT2D eigenvalue weighted by Crippen LogP contribution is -2.19. The van der Waals surface area contributed by atoms with Crippen LogP contribution in [0.5, 0.6) is 0 Å². The van der Waals surface area contributed by atoms with E-state index in [-0.39, 0.29) is 0 Å². The van der Waals surface area contributed by atoms with Gasteiger partial charge in [-0.3, -0.25) is 0 Å². The highest BCUT2D eigenvalue weighted by Crippen LogP contribution is 1.97. The van der Waals surface area contributed by atoms with Gasteiger partial charge in [0, 0.05) is 30.7 Å². The van der Waals surface area contributed by atoms with Crippen LogP contribution >= 0.6 is 11.8 Å². The van der Waals surface area contributed by atoms with Crippen molar-refractivity contribution >= 4 is 17.7 Å². The van der Waals surface area contributed by atoms with Gasteiger partial charge in [-0.05, 0) is 6.92 Å². The second kappa shape index (κ2) is 8.84. The lowest BCUT2D eigenvalue weighted by atomic mass is 10.3. The number of aliphatic carboxylic acids is 1. The summed E-state index contributed by atoms with van der Waals surface area (Å²) >= 11 is 1.80. The molecule has 0 fully saturated rings. The number of nitrogens with one attached hydrogen (secondary N) is 1. The predicted molar refractivity (Wildman–Crippen MR) is 61.8 cm³/mol. The van der Waals surface area contributed by atoms with E-state index in [0.29, 0.717) is 6.54 Å². The van der Waals surface area contributed by atoms with E-state index >= 15 is 0 Å². The Morgan fingerprint density at radius 1 is 1.64 bits per heavy atom. The third kappa shape index (κ3) is 9.35. The molecule has 3 nitrogen and oxygen atoms in total. The first kappa shape index (κ1) is 13.3. The molecule has 0 saturated heterocycles. The summed E-state index contributed by atoms with van der Waals surface area (Å²) in [4.78, 5) is 10.3. The molecule has 0 aromatic heterocycles. The van der Waals surface area contributed by atoms with Crippen LogP contribution in [0.3, 0.4) is 0 Å². The van der Waals surface area contributed by atoms with Gasteiger partial charge in [0.05, 0.1) is 0 Å². The van der Waals surface area contributed by atoms with Gasteiger partial charge >= 0.3 is 5.97 Å². The Hall–Kier alpha value is -0.740. The van der Waals surface area contributed by atoms with E-state index in [4.69, 9.17) is 5.11 Å². The van der Waals surface area contributed by atoms with Crippen molar-refractivity contribution in [2.24, 2.45) is 0 Å². The molecule has 0 spiro atoms. The predicted octanol–water partition coefficient (Wildman–Crippen LogP) is 1.53. The monoisotopic (exact) mass is 215 g/mol. The molecule has 4 heteroatoms. The highest BCUT2D eigenvalue weighted by atomic mass is 32.2. The SMILES string of the molecule is C=CCSCCNC/C(C)=C\C(=O)O. The Morgan fingerprint density at radius 3 is 2.93 bits per heavy atom. The van der Waals surface area contributed by atoms with Crippen LogP contribution in [-0.4, -0.2) is 35.7 Å². The summed E-state index contributed by atoms with van der Waals surface area (Å²) < 4.78 is 0. The summed E-state index contributed by atoms with van der Waals surface area (Å²) in [5, 5.41) is 11.6. The van der Waals surface area contributed by atoms with Crippen molar-refractivity contribution < 1.29 is 9.90 Å². The summed E-state index contributed by atoms with van der Waals surface area (Å²) in [5.74, 6) is 1.10. The molecular weight excluding hydrogens is 198 g/mol. The second-order valence-corrected chi connectivity index (χ2v) is 4.02. The van der Waals surface area contributed by atoms with Crippen LogP contribution in [-0.2, 0) is 4.79 Å². The van der Waals surface area contributed by atoms with Gasteiger partial charge in [0.2, 0.25) is 0 Å². The molecule has 0 amide bonds. The molecule has 0 saturated carbocycles. The van der Waals surface area contributed by atoms with Crippen LogP contribution < -0.4 is 5.32 Å². The second-order valence-electron chi connectivity index (χ2n) is 2.87. The summed E-state index contributed by atoms with van der Waals surface area (Å²) in [6, 6.07) is 0. The zero-order chi connectivity index (χ0) is 10.8. The van der Waals surface area contributed by atoms with E-state index < -0.39 is 5.97 Å². The number of hydrogen-bond acceptors (Lipinski definition) is 3. The van der Waals surface area contributed by atoms with Crippen molar-refractivity contribution in [1.29, 1.82) is 0 Å². The summed E-state index contributed by atoms with van der Waals surface area (Å²) in [6.45, 7) is 6.96. The van der Waals surface area contributed by atoms with Crippen molar-refractivity contribution in [3.63, 3.8) is 0 Å². The van der Waals surface area contributed by atoms with E-state index in [1.807, 2.05) is 6.08 Å². The molecule has 80 valence electrons. The van der Waals surface area contributed by atoms with Crippen molar-refractivity contribution in [3.8, 4) is 0 Å². The molecule has 0 aliphatic carbocycles. The smallest absolute Gasteiger partial charge is 0.328 e. The fourth-order valence-corrected chi connectivity index (χ4v) is 1.48. The Labute approximate surface area is 89.3 Å². The molecule has 14 heavy (non-hydrogen) atoms. The first-order valence-electron chi connectivity index (χ1n) is 4.46. The minimum absolute atomic E-state index is 0.640. The van der Waals surface area contributed by atoms with Gasteiger partial charge in [-0.2, -0.15) is 11.8 Å². The molecule has 0 aromatic rings. The quantitative estimate of drug-likeness (QED) is 0.366. The molecule has 0 radical (unpaired) electrons. The molecular formula is C10H17NO2S. The third-order valence-corrected chi connectivity index (χ3v) is 2.40. The average Bonchev–Trinajstić information content (AvgIpc) is 2.10. The van der Waals surface area contributed by atoms with Crippen LogP contribution in [0.15, 0.2) is 24.3 Å². The highest BCUT2D eigenvalue weighted by Gasteiger charge is 1.93. The van der Waals surface area contributed by atoms with Crippen LogP contribution in [0, 0.1) is 0 Å². The van der Waals surface area contributed by atoms with E-state index in [9.17, 15) is 4.79 Å². The van der Waals surface area contributed by atoms with E-state index in [1.54, 1.807) is 18.7 Å². The number of carbonyl (C=O) groups is 1. The van der Waals surface area contributed by atoms with Gasteiger partial charge in [-0.25, -0.2) is 4.79 Å². The Bertz CT molecular complexity index is 214. The molecule has 0 aromatic carbocycles. The van der Waals surface area contributed by atoms with Gasteiger partial charge in [0.15, 0.2) is 0 Å². The fourth-order valence-electron chi connectivity index (χ4n) is 0.858. The zero-order valence-corrected chi connectivity index (χ0v) is 9.27. The zero-order valence-electron chi connectivity index (χ0n) is 8.45. The fraction of sp³-hybridized carbons (Fsp3) is 0.500. The Kier molecular flexibility index (Phi) is 8.37. The standard InChI is InChI=1S/C10H17NO2S/c1-3-5-14-6-4-11-8-9(2)7-10(12)13/h3,7,11H,1,4-6,8H2,2H3,(H,12,13)/b9-7-. The molecule has 0 rings (SSSR count). The van der Waals surface area contributed by atoms with Crippen molar-refractivity contribution in [1.82, 2.24) is 5.32 Å². The third-order valence-electron chi connectivity index (χ3n) is 1.43. The van der Waals surface area contributed by atoms with Crippen LogP contribution in [0.2, 0.25) is 0 Å². The Morgan fingerprint density at radius 2 is 2.36 bits per heavy atom. The lowest BCUT2D eigenvalue weighted by molar-refractivity contribution is -0.131. The largest absolute Gasteiger partial charge is 0.478 e. The van der Waals surface area contributed by atoms with Crippen molar-refractivity contribution in [2.45, 2.75) is 6.92 Å². The highest BCUT2D eigenvalue weighted by molar-refractivity contribution is 7.99. The molecule has 0 aliphatic heterocycles. The van der Waals surface area contributed by atoms with Crippen LogP contribution in [0.1, 0.15) is 6.92 Å². The summed E-state index contributed by atoms with van der Waals surface area (Å²) in [6.07, 6.45) is 3.10. The van der Waals surface area contributed by atoms with E-state index in [1.165, 1.54) is 6.08 Å². The first-order chi connectivity index (χ1) is 6.66.